The normalized spacial score (nSPS) is 21.3. The van der Waals surface area contributed by atoms with Crippen LogP contribution in [0.25, 0.3) is 0 Å². The highest BCUT2D eigenvalue weighted by Gasteiger charge is 2.20. The standard InChI is InChI=1S/C14H23N3S/c1-2-5-11(6-3-1)14-17-16-13(18-14)7-4-10-15-12-8-9-12/h11-12,15H,1-10H2. The monoisotopic (exact) mass is 265 g/mol. The number of hydrogen-bond acceptors (Lipinski definition) is 4. The van der Waals surface area contributed by atoms with Gasteiger partial charge in [0.15, 0.2) is 0 Å². The van der Waals surface area contributed by atoms with E-state index >= 15 is 0 Å². The average Bonchev–Trinajstić information content (AvgIpc) is 3.12. The van der Waals surface area contributed by atoms with Crippen LogP contribution in [0.5, 0.6) is 0 Å². The van der Waals surface area contributed by atoms with Crippen molar-refractivity contribution in [1.29, 1.82) is 0 Å². The maximum Gasteiger partial charge on any atom is 0.120 e. The zero-order valence-corrected chi connectivity index (χ0v) is 11.8. The molecule has 0 aliphatic heterocycles. The molecule has 100 valence electrons. The van der Waals surface area contributed by atoms with Gasteiger partial charge in [-0.1, -0.05) is 19.3 Å². The summed E-state index contributed by atoms with van der Waals surface area (Å²) in [6.07, 6.45) is 11.9. The molecule has 1 aromatic rings. The molecule has 0 atom stereocenters. The summed E-state index contributed by atoms with van der Waals surface area (Å²) in [6, 6.07) is 0.831. The molecular weight excluding hydrogens is 242 g/mol. The number of aryl methyl sites for hydroxylation is 1. The zero-order valence-electron chi connectivity index (χ0n) is 11.0. The van der Waals surface area contributed by atoms with Crippen LogP contribution in [0.1, 0.15) is 67.3 Å². The Hall–Kier alpha value is -0.480. The molecule has 0 spiro atoms. The second-order valence-electron chi connectivity index (χ2n) is 5.70. The van der Waals surface area contributed by atoms with Gasteiger partial charge in [-0.2, -0.15) is 0 Å². The second-order valence-corrected chi connectivity index (χ2v) is 6.79. The van der Waals surface area contributed by atoms with E-state index in [2.05, 4.69) is 15.5 Å². The molecule has 2 aliphatic rings. The summed E-state index contributed by atoms with van der Waals surface area (Å²) < 4.78 is 0. The molecule has 1 N–H and O–H groups in total. The molecule has 3 rings (SSSR count). The summed E-state index contributed by atoms with van der Waals surface area (Å²) in [6.45, 7) is 1.14. The van der Waals surface area contributed by atoms with Crippen molar-refractivity contribution in [3.8, 4) is 0 Å². The Bertz CT molecular complexity index is 367. The molecular formula is C14H23N3S. The van der Waals surface area contributed by atoms with Crippen LogP contribution in [0.4, 0.5) is 0 Å². The fourth-order valence-electron chi connectivity index (χ4n) is 2.72. The lowest BCUT2D eigenvalue weighted by Crippen LogP contribution is -2.17. The van der Waals surface area contributed by atoms with Gasteiger partial charge in [0.2, 0.25) is 0 Å². The lowest BCUT2D eigenvalue weighted by molar-refractivity contribution is 0.440. The van der Waals surface area contributed by atoms with Gasteiger partial charge < -0.3 is 5.32 Å². The van der Waals surface area contributed by atoms with Gasteiger partial charge in [-0.3, -0.25) is 0 Å². The van der Waals surface area contributed by atoms with Gasteiger partial charge in [-0.05, 0) is 38.6 Å². The molecule has 0 radical (unpaired) electrons. The smallest absolute Gasteiger partial charge is 0.120 e. The molecule has 0 unspecified atom stereocenters. The minimum atomic E-state index is 0.717. The molecule has 2 saturated carbocycles. The van der Waals surface area contributed by atoms with E-state index in [0.29, 0.717) is 0 Å². The quantitative estimate of drug-likeness (QED) is 0.802. The first kappa shape index (κ1) is 12.5. The predicted octanol–water partition coefficient (Wildman–Crippen LogP) is 3.27. The highest BCUT2D eigenvalue weighted by atomic mass is 32.1. The Morgan fingerprint density at radius 1 is 1.06 bits per heavy atom. The number of nitrogens with one attached hydrogen (secondary N) is 1. The molecule has 0 aromatic carbocycles. The second kappa shape index (κ2) is 6.11. The van der Waals surface area contributed by atoms with Crippen LogP contribution in [0.3, 0.4) is 0 Å². The van der Waals surface area contributed by atoms with E-state index < -0.39 is 0 Å². The SMILES string of the molecule is C1CCC(c2nnc(CCCNC3CC3)s2)CC1. The van der Waals surface area contributed by atoms with E-state index in [4.69, 9.17) is 0 Å². The lowest BCUT2D eigenvalue weighted by Gasteiger charge is -2.18. The highest BCUT2D eigenvalue weighted by molar-refractivity contribution is 7.11. The minimum Gasteiger partial charge on any atom is -0.314 e. The Morgan fingerprint density at radius 2 is 1.89 bits per heavy atom. The zero-order chi connectivity index (χ0) is 12.2. The van der Waals surface area contributed by atoms with Gasteiger partial charge in [-0.25, -0.2) is 0 Å². The van der Waals surface area contributed by atoms with Crippen molar-refractivity contribution in [1.82, 2.24) is 15.5 Å². The Balaban J connectivity index is 1.43. The molecule has 3 nitrogen and oxygen atoms in total. The third kappa shape index (κ3) is 3.51. The molecule has 2 fully saturated rings. The van der Waals surface area contributed by atoms with Gasteiger partial charge in [0.05, 0.1) is 0 Å². The molecule has 4 heteroatoms. The number of aromatic nitrogens is 2. The lowest BCUT2D eigenvalue weighted by atomic mass is 9.90. The summed E-state index contributed by atoms with van der Waals surface area (Å²) in [5.41, 5.74) is 0. The molecule has 1 aromatic heterocycles. The van der Waals surface area contributed by atoms with E-state index in [-0.39, 0.29) is 0 Å². The van der Waals surface area contributed by atoms with E-state index in [9.17, 15) is 0 Å². The summed E-state index contributed by atoms with van der Waals surface area (Å²) in [5, 5.41) is 14.9. The summed E-state index contributed by atoms with van der Waals surface area (Å²) in [5.74, 6) is 0.717. The van der Waals surface area contributed by atoms with Crippen LogP contribution in [-0.2, 0) is 6.42 Å². The maximum absolute atomic E-state index is 4.41. The molecule has 18 heavy (non-hydrogen) atoms. The van der Waals surface area contributed by atoms with E-state index in [1.54, 1.807) is 0 Å². The van der Waals surface area contributed by atoms with Gasteiger partial charge in [-0.15, -0.1) is 21.5 Å². The van der Waals surface area contributed by atoms with Crippen LogP contribution in [0, 0.1) is 0 Å². The first-order chi connectivity index (χ1) is 8.92. The topological polar surface area (TPSA) is 37.8 Å². The fraction of sp³-hybridized carbons (Fsp3) is 0.857. The number of nitrogens with zero attached hydrogens (tertiary/aromatic N) is 2. The molecule has 1 heterocycles. The fourth-order valence-corrected chi connectivity index (χ4v) is 3.77. The maximum atomic E-state index is 4.41. The third-order valence-corrected chi connectivity index (χ3v) is 5.16. The Morgan fingerprint density at radius 3 is 2.67 bits per heavy atom. The summed E-state index contributed by atoms with van der Waals surface area (Å²) in [4.78, 5) is 0. The number of hydrogen-bond donors (Lipinski definition) is 1. The van der Waals surface area contributed by atoms with Crippen LogP contribution >= 0.6 is 11.3 Å². The van der Waals surface area contributed by atoms with Crippen molar-refractivity contribution in [2.45, 2.75) is 69.7 Å². The largest absolute Gasteiger partial charge is 0.314 e. The Labute approximate surface area is 113 Å². The van der Waals surface area contributed by atoms with E-state index in [0.717, 1.165) is 24.9 Å². The van der Waals surface area contributed by atoms with Crippen molar-refractivity contribution >= 4 is 11.3 Å². The minimum absolute atomic E-state index is 0.717. The van der Waals surface area contributed by atoms with Crippen LogP contribution < -0.4 is 5.32 Å². The molecule has 2 aliphatic carbocycles. The van der Waals surface area contributed by atoms with Crippen LogP contribution in [-0.4, -0.2) is 22.8 Å². The molecule has 0 bridgehead atoms. The van der Waals surface area contributed by atoms with Crippen LogP contribution in [0.15, 0.2) is 0 Å². The highest BCUT2D eigenvalue weighted by Crippen LogP contribution is 2.34. The third-order valence-electron chi connectivity index (χ3n) is 4.01. The summed E-state index contributed by atoms with van der Waals surface area (Å²) in [7, 11) is 0. The van der Waals surface area contributed by atoms with Gasteiger partial charge >= 0.3 is 0 Å². The van der Waals surface area contributed by atoms with Gasteiger partial charge in [0.1, 0.15) is 10.0 Å². The molecule has 0 saturated heterocycles. The van der Waals surface area contributed by atoms with Gasteiger partial charge in [0, 0.05) is 18.4 Å². The average molecular weight is 265 g/mol. The van der Waals surface area contributed by atoms with E-state index in [1.807, 2.05) is 11.3 Å². The summed E-state index contributed by atoms with van der Waals surface area (Å²) >= 11 is 1.86. The van der Waals surface area contributed by atoms with Crippen molar-refractivity contribution in [2.75, 3.05) is 6.54 Å². The Kier molecular flexibility index (Phi) is 4.26. The molecule has 0 amide bonds. The number of rotatable bonds is 6. The van der Waals surface area contributed by atoms with E-state index in [1.165, 1.54) is 61.4 Å². The van der Waals surface area contributed by atoms with Crippen molar-refractivity contribution in [3.63, 3.8) is 0 Å². The first-order valence-corrected chi connectivity index (χ1v) is 8.29. The first-order valence-electron chi connectivity index (χ1n) is 7.47. The van der Waals surface area contributed by atoms with Crippen LogP contribution in [0.2, 0.25) is 0 Å². The van der Waals surface area contributed by atoms with Gasteiger partial charge in [0.25, 0.3) is 0 Å². The van der Waals surface area contributed by atoms with Crippen molar-refractivity contribution in [2.24, 2.45) is 0 Å². The van der Waals surface area contributed by atoms with Crippen molar-refractivity contribution < 1.29 is 0 Å². The predicted molar refractivity (Wildman–Crippen MR) is 75.1 cm³/mol. The van der Waals surface area contributed by atoms with Crippen molar-refractivity contribution in [3.05, 3.63) is 10.0 Å².